The third-order valence-electron chi connectivity index (χ3n) is 3.54. The first-order chi connectivity index (χ1) is 5.91. The van der Waals surface area contributed by atoms with Crippen LogP contribution in [0.3, 0.4) is 0 Å². The molecule has 1 atom stereocenters. The molecule has 1 aliphatic heterocycles. The van der Waals surface area contributed by atoms with E-state index in [-0.39, 0.29) is 16.9 Å². The van der Waals surface area contributed by atoms with Crippen LogP contribution in [-0.2, 0) is 9.53 Å². The Morgan fingerprint density at radius 1 is 1.54 bits per heavy atom. The van der Waals surface area contributed by atoms with Gasteiger partial charge in [-0.2, -0.15) is 0 Å². The molecule has 1 fully saturated rings. The first-order valence-corrected chi connectivity index (χ1v) is 4.73. The van der Waals surface area contributed by atoms with Gasteiger partial charge in [-0.15, -0.1) is 0 Å². The van der Waals surface area contributed by atoms with Crippen molar-refractivity contribution >= 4 is 5.91 Å². The van der Waals surface area contributed by atoms with E-state index in [1.54, 1.807) is 7.11 Å². The van der Waals surface area contributed by atoms with E-state index in [1.807, 2.05) is 0 Å². The Balaban J connectivity index is 2.72. The smallest absolute Gasteiger partial charge is 0.220 e. The van der Waals surface area contributed by atoms with Gasteiger partial charge in [-0.25, -0.2) is 0 Å². The van der Waals surface area contributed by atoms with Crippen molar-refractivity contribution in [2.75, 3.05) is 13.7 Å². The lowest BCUT2D eigenvalue weighted by molar-refractivity contribution is -0.132. The van der Waals surface area contributed by atoms with Crippen LogP contribution in [0.25, 0.3) is 0 Å². The molecule has 1 heterocycles. The number of ether oxygens (including phenoxy) is 1. The Hall–Kier alpha value is -0.570. The fourth-order valence-corrected chi connectivity index (χ4v) is 1.62. The number of carbonyl (C=O) groups is 1. The fraction of sp³-hybridized carbons (Fsp3) is 0.900. The van der Waals surface area contributed by atoms with Crippen molar-refractivity contribution in [3.05, 3.63) is 0 Å². The summed E-state index contributed by atoms with van der Waals surface area (Å²) in [5.41, 5.74) is -0.129. The molecule has 0 saturated carbocycles. The van der Waals surface area contributed by atoms with E-state index in [0.29, 0.717) is 13.0 Å². The number of hydrogen-bond donors (Lipinski definition) is 1. The molecule has 76 valence electrons. The minimum atomic E-state index is -0.180. The molecule has 3 heteroatoms. The first kappa shape index (κ1) is 10.5. The Bertz CT molecular complexity index is 201. The number of carbonyl (C=O) groups excluding carboxylic acids is 1. The van der Waals surface area contributed by atoms with Gasteiger partial charge >= 0.3 is 0 Å². The molecule has 0 aliphatic carbocycles. The molecular weight excluding hydrogens is 166 g/mol. The van der Waals surface area contributed by atoms with Gasteiger partial charge < -0.3 is 10.1 Å². The zero-order valence-electron chi connectivity index (χ0n) is 8.94. The van der Waals surface area contributed by atoms with E-state index in [4.69, 9.17) is 4.74 Å². The van der Waals surface area contributed by atoms with Crippen molar-refractivity contribution in [2.24, 2.45) is 5.41 Å². The second kappa shape index (κ2) is 3.29. The second-order valence-electron chi connectivity index (χ2n) is 4.55. The van der Waals surface area contributed by atoms with Gasteiger partial charge in [0.05, 0.1) is 5.60 Å². The van der Waals surface area contributed by atoms with Gasteiger partial charge in [-0.3, -0.25) is 4.79 Å². The summed E-state index contributed by atoms with van der Waals surface area (Å²) in [6.07, 6.45) is 1.52. The van der Waals surface area contributed by atoms with E-state index >= 15 is 0 Å². The van der Waals surface area contributed by atoms with Crippen LogP contribution in [0.15, 0.2) is 0 Å². The van der Waals surface area contributed by atoms with E-state index in [1.165, 1.54) is 0 Å². The number of amides is 1. The van der Waals surface area contributed by atoms with Crippen LogP contribution in [0.5, 0.6) is 0 Å². The van der Waals surface area contributed by atoms with Crippen molar-refractivity contribution in [3.8, 4) is 0 Å². The Kier molecular flexibility index (Phi) is 2.66. The molecule has 1 saturated heterocycles. The van der Waals surface area contributed by atoms with Gasteiger partial charge in [0.2, 0.25) is 5.91 Å². The molecule has 1 amide bonds. The molecular formula is C10H19NO2. The lowest BCUT2D eigenvalue weighted by atomic mass is 9.70. The number of nitrogens with one attached hydrogen (secondary N) is 1. The maximum atomic E-state index is 11.0. The molecule has 0 aromatic rings. The third kappa shape index (κ3) is 1.85. The SMILES string of the molecule is COC(C)(C)C1(C)CCC(=O)NC1. The van der Waals surface area contributed by atoms with Crippen LogP contribution >= 0.6 is 0 Å². The van der Waals surface area contributed by atoms with E-state index in [9.17, 15) is 4.79 Å². The summed E-state index contributed by atoms with van der Waals surface area (Å²) in [4.78, 5) is 11.0. The highest BCUT2D eigenvalue weighted by molar-refractivity contribution is 5.76. The summed E-state index contributed by atoms with van der Waals surface area (Å²) >= 11 is 0. The van der Waals surface area contributed by atoms with Crippen molar-refractivity contribution < 1.29 is 9.53 Å². The molecule has 0 spiro atoms. The van der Waals surface area contributed by atoms with E-state index < -0.39 is 0 Å². The molecule has 1 unspecified atom stereocenters. The summed E-state index contributed by atoms with van der Waals surface area (Å²) in [5, 5.41) is 2.89. The molecule has 3 nitrogen and oxygen atoms in total. The lowest BCUT2D eigenvalue weighted by Gasteiger charge is -2.45. The maximum absolute atomic E-state index is 11.0. The summed E-state index contributed by atoms with van der Waals surface area (Å²) in [6.45, 7) is 7.03. The molecule has 1 aliphatic rings. The predicted molar refractivity (Wildman–Crippen MR) is 51.4 cm³/mol. The third-order valence-corrected chi connectivity index (χ3v) is 3.54. The minimum absolute atomic E-state index is 0.0513. The molecule has 0 bridgehead atoms. The predicted octanol–water partition coefficient (Wildman–Crippen LogP) is 1.33. The molecule has 13 heavy (non-hydrogen) atoms. The summed E-state index contributed by atoms with van der Waals surface area (Å²) in [7, 11) is 1.72. The van der Waals surface area contributed by atoms with Crippen molar-refractivity contribution in [1.82, 2.24) is 5.32 Å². The fourth-order valence-electron chi connectivity index (χ4n) is 1.62. The quantitative estimate of drug-likeness (QED) is 0.704. The number of methoxy groups -OCH3 is 1. The van der Waals surface area contributed by atoms with E-state index in [0.717, 1.165) is 6.42 Å². The summed E-state index contributed by atoms with van der Waals surface area (Å²) < 4.78 is 5.46. The van der Waals surface area contributed by atoms with Crippen molar-refractivity contribution in [3.63, 3.8) is 0 Å². The van der Waals surface area contributed by atoms with Gasteiger partial charge in [0.25, 0.3) is 0 Å². The highest BCUT2D eigenvalue weighted by Crippen LogP contribution is 2.39. The zero-order valence-corrected chi connectivity index (χ0v) is 8.94. The van der Waals surface area contributed by atoms with Crippen LogP contribution < -0.4 is 5.32 Å². The van der Waals surface area contributed by atoms with Crippen molar-refractivity contribution in [1.29, 1.82) is 0 Å². The highest BCUT2D eigenvalue weighted by atomic mass is 16.5. The van der Waals surface area contributed by atoms with Gasteiger partial charge in [0.15, 0.2) is 0 Å². The number of rotatable bonds is 2. The Morgan fingerprint density at radius 2 is 2.15 bits per heavy atom. The average Bonchev–Trinajstić information content (AvgIpc) is 2.10. The average molecular weight is 185 g/mol. The van der Waals surface area contributed by atoms with Gasteiger partial charge in [-0.1, -0.05) is 6.92 Å². The highest BCUT2D eigenvalue weighted by Gasteiger charge is 2.43. The topological polar surface area (TPSA) is 38.3 Å². The standard InChI is InChI=1S/C10H19NO2/c1-9(2,13-4)10(3)6-5-8(12)11-7-10/h5-7H2,1-4H3,(H,11,12). The monoisotopic (exact) mass is 185 g/mol. The molecule has 0 aromatic carbocycles. The van der Waals surface area contributed by atoms with Gasteiger partial charge in [0, 0.05) is 25.5 Å². The Morgan fingerprint density at radius 3 is 2.54 bits per heavy atom. The molecule has 1 rings (SSSR count). The van der Waals surface area contributed by atoms with Crippen LogP contribution in [0.4, 0.5) is 0 Å². The first-order valence-electron chi connectivity index (χ1n) is 4.73. The normalized spacial score (nSPS) is 30.0. The minimum Gasteiger partial charge on any atom is -0.378 e. The zero-order chi connectivity index (χ0) is 10.1. The van der Waals surface area contributed by atoms with Gasteiger partial charge in [-0.05, 0) is 20.3 Å². The van der Waals surface area contributed by atoms with Crippen LogP contribution in [-0.4, -0.2) is 25.2 Å². The summed E-state index contributed by atoms with van der Waals surface area (Å²) in [6, 6.07) is 0. The molecule has 0 aromatic heterocycles. The maximum Gasteiger partial charge on any atom is 0.220 e. The molecule has 0 radical (unpaired) electrons. The van der Waals surface area contributed by atoms with Crippen molar-refractivity contribution in [2.45, 2.75) is 39.2 Å². The Labute approximate surface area is 79.8 Å². The van der Waals surface area contributed by atoms with Crippen LogP contribution in [0.1, 0.15) is 33.6 Å². The number of hydrogen-bond acceptors (Lipinski definition) is 2. The molecule has 1 N–H and O–H groups in total. The van der Waals surface area contributed by atoms with Gasteiger partial charge in [0.1, 0.15) is 0 Å². The second-order valence-corrected chi connectivity index (χ2v) is 4.55. The van der Waals surface area contributed by atoms with Crippen LogP contribution in [0.2, 0.25) is 0 Å². The summed E-state index contributed by atoms with van der Waals surface area (Å²) in [5.74, 6) is 0.157. The number of piperidine rings is 1. The van der Waals surface area contributed by atoms with E-state index in [2.05, 4.69) is 26.1 Å². The van der Waals surface area contributed by atoms with Crippen LogP contribution in [0, 0.1) is 5.41 Å². The largest absolute Gasteiger partial charge is 0.378 e. The lowest BCUT2D eigenvalue weighted by Crippen LogP contribution is -2.53.